The van der Waals surface area contributed by atoms with E-state index in [4.69, 9.17) is 23.4 Å². The second kappa shape index (κ2) is 8.63. The molecule has 1 aromatic carbocycles. The fourth-order valence-electron chi connectivity index (χ4n) is 3.82. The Morgan fingerprint density at radius 3 is 2.52 bits per heavy atom. The number of fused-ring (bicyclic) bond motifs is 1. The van der Waals surface area contributed by atoms with Gasteiger partial charge in [0.1, 0.15) is 30.1 Å². The quantitative estimate of drug-likeness (QED) is 0.768. The lowest BCUT2D eigenvalue weighted by Crippen LogP contribution is -2.67. The maximum atomic E-state index is 11.8. The number of hydrogen-bond donors (Lipinski definition) is 2. The molecule has 2 N–H and O–H groups in total. The third-order valence-corrected chi connectivity index (χ3v) is 5.48. The molecule has 0 spiro atoms. The zero-order valence-electron chi connectivity index (χ0n) is 18.1. The molecule has 2 aromatic rings. The van der Waals surface area contributed by atoms with Gasteiger partial charge in [-0.05, 0) is 35.2 Å². The van der Waals surface area contributed by atoms with Crippen LogP contribution in [0.4, 0.5) is 0 Å². The maximum absolute atomic E-state index is 11.8. The van der Waals surface area contributed by atoms with Crippen molar-refractivity contribution in [1.29, 1.82) is 0 Å². The number of carbonyl (C=O) groups is 1. The van der Waals surface area contributed by atoms with E-state index in [1.165, 1.54) is 18.8 Å². The van der Waals surface area contributed by atoms with Gasteiger partial charge >= 0.3 is 0 Å². The summed E-state index contributed by atoms with van der Waals surface area (Å²) >= 11 is 0. The molecule has 0 unspecified atom stereocenters. The summed E-state index contributed by atoms with van der Waals surface area (Å²) in [6.07, 6.45) is -2.49. The maximum Gasteiger partial charge on any atom is 0.223 e. The van der Waals surface area contributed by atoms with Crippen molar-refractivity contribution in [2.24, 2.45) is 0 Å². The molecule has 0 aliphatic carbocycles. The molecule has 6 atom stereocenters. The standard InChI is InChI=1S/C23H29NO7/c1-13(25)24-18-19(26)20-17(12-28-21(31-20)16-6-5-11-27-16)30-22(18)29-15-9-7-14(8-10-15)23(2,3)4/h5-11,17-22,26H,12H2,1-4H3,(H,24,25)/t17-,18+,19-,20+,21+,22+/m1/s1. The lowest BCUT2D eigenvalue weighted by atomic mass is 9.87. The van der Waals surface area contributed by atoms with Crippen LogP contribution in [0.15, 0.2) is 47.1 Å². The third kappa shape index (κ3) is 4.77. The van der Waals surface area contributed by atoms with Gasteiger partial charge in [0.15, 0.2) is 5.76 Å². The molecular formula is C23H29NO7. The molecule has 0 saturated carbocycles. The Hall–Kier alpha value is -2.39. The number of amides is 1. The van der Waals surface area contributed by atoms with Crippen LogP contribution in [0, 0.1) is 0 Å². The van der Waals surface area contributed by atoms with Gasteiger partial charge in [0.25, 0.3) is 0 Å². The third-order valence-electron chi connectivity index (χ3n) is 5.48. The predicted molar refractivity (Wildman–Crippen MR) is 110 cm³/mol. The van der Waals surface area contributed by atoms with E-state index >= 15 is 0 Å². The van der Waals surface area contributed by atoms with E-state index < -0.39 is 36.9 Å². The molecule has 1 amide bonds. The largest absolute Gasteiger partial charge is 0.464 e. The zero-order chi connectivity index (χ0) is 22.2. The van der Waals surface area contributed by atoms with Gasteiger partial charge in [-0.3, -0.25) is 4.79 Å². The number of carbonyl (C=O) groups excluding carboxylic acids is 1. The van der Waals surface area contributed by atoms with Crippen LogP contribution in [-0.4, -0.2) is 48.3 Å². The Morgan fingerprint density at radius 2 is 1.90 bits per heavy atom. The minimum atomic E-state index is -1.07. The SMILES string of the molecule is CC(=O)N[C@@H]1[C@@H](Oc2ccc(C(C)(C)C)cc2)O[C@@H]2CO[C@H](c3ccco3)O[C@@H]2[C@@H]1O. The molecule has 168 valence electrons. The summed E-state index contributed by atoms with van der Waals surface area (Å²) in [5, 5.41) is 13.8. The van der Waals surface area contributed by atoms with Crippen LogP contribution < -0.4 is 10.1 Å². The summed E-state index contributed by atoms with van der Waals surface area (Å²) in [5.74, 6) is 0.765. The van der Waals surface area contributed by atoms with E-state index in [1.807, 2.05) is 24.3 Å². The van der Waals surface area contributed by atoms with Crippen molar-refractivity contribution in [3.05, 3.63) is 54.0 Å². The first-order chi connectivity index (χ1) is 14.7. The summed E-state index contributed by atoms with van der Waals surface area (Å²) in [5.41, 5.74) is 1.18. The number of aliphatic hydroxyl groups excluding tert-OH is 1. The van der Waals surface area contributed by atoms with E-state index in [0.717, 1.165) is 0 Å². The topological polar surface area (TPSA) is 99.4 Å². The fourth-order valence-corrected chi connectivity index (χ4v) is 3.82. The van der Waals surface area contributed by atoms with Crippen molar-refractivity contribution >= 4 is 5.91 Å². The lowest BCUT2D eigenvalue weighted by Gasteiger charge is -2.47. The molecule has 2 aliphatic heterocycles. The smallest absolute Gasteiger partial charge is 0.223 e. The Labute approximate surface area is 181 Å². The first-order valence-electron chi connectivity index (χ1n) is 10.4. The summed E-state index contributed by atoms with van der Waals surface area (Å²) in [4.78, 5) is 11.8. The molecule has 3 heterocycles. The van der Waals surface area contributed by atoms with Crippen molar-refractivity contribution in [3.63, 3.8) is 0 Å². The molecule has 2 saturated heterocycles. The van der Waals surface area contributed by atoms with Gasteiger partial charge < -0.3 is 33.8 Å². The highest BCUT2D eigenvalue weighted by Crippen LogP contribution is 2.35. The highest BCUT2D eigenvalue weighted by atomic mass is 16.8. The van der Waals surface area contributed by atoms with Gasteiger partial charge in [-0.15, -0.1) is 0 Å². The van der Waals surface area contributed by atoms with Crippen LogP contribution in [-0.2, 0) is 24.4 Å². The number of ether oxygens (including phenoxy) is 4. The van der Waals surface area contributed by atoms with Crippen molar-refractivity contribution in [2.75, 3.05) is 6.61 Å². The minimum Gasteiger partial charge on any atom is -0.464 e. The van der Waals surface area contributed by atoms with Crippen LogP contribution in [0.5, 0.6) is 5.75 Å². The van der Waals surface area contributed by atoms with Gasteiger partial charge in [-0.1, -0.05) is 32.9 Å². The van der Waals surface area contributed by atoms with Crippen molar-refractivity contribution in [3.8, 4) is 5.75 Å². The summed E-state index contributed by atoms with van der Waals surface area (Å²) in [6.45, 7) is 7.97. The second-order valence-electron chi connectivity index (χ2n) is 8.93. The Bertz CT molecular complexity index is 874. The van der Waals surface area contributed by atoms with Crippen molar-refractivity contribution in [1.82, 2.24) is 5.32 Å². The molecule has 4 rings (SSSR count). The van der Waals surface area contributed by atoms with Gasteiger partial charge in [-0.2, -0.15) is 0 Å². The number of aliphatic hydroxyl groups is 1. The summed E-state index contributed by atoms with van der Waals surface area (Å²) in [7, 11) is 0. The van der Waals surface area contributed by atoms with Crippen LogP contribution in [0.1, 0.15) is 45.3 Å². The molecule has 8 heteroatoms. The van der Waals surface area contributed by atoms with Crippen LogP contribution in [0.3, 0.4) is 0 Å². The molecule has 0 bridgehead atoms. The summed E-state index contributed by atoms with van der Waals surface area (Å²) < 4.78 is 29.1. The van der Waals surface area contributed by atoms with E-state index in [-0.39, 0.29) is 17.9 Å². The second-order valence-corrected chi connectivity index (χ2v) is 8.93. The first kappa shape index (κ1) is 21.8. The highest BCUT2D eigenvalue weighted by Gasteiger charge is 2.51. The molecule has 31 heavy (non-hydrogen) atoms. The van der Waals surface area contributed by atoms with E-state index in [1.54, 1.807) is 12.1 Å². The number of benzene rings is 1. The average molecular weight is 431 g/mol. The van der Waals surface area contributed by atoms with E-state index in [0.29, 0.717) is 11.5 Å². The van der Waals surface area contributed by atoms with Crippen LogP contribution >= 0.6 is 0 Å². The predicted octanol–water partition coefficient (Wildman–Crippen LogP) is 2.66. The molecule has 2 fully saturated rings. The number of furan rings is 1. The average Bonchev–Trinajstić information content (AvgIpc) is 3.25. The molecule has 0 radical (unpaired) electrons. The Morgan fingerprint density at radius 1 is 1.16 bits per heavy atom. The Balaban J connectivity index is 1.51. The van der Waals surface area contributed by atoms with Gasteiger partial charge in [-0.25, -0.2) is 0 Å². The molecule has 1 aromatic heterocycles. The lowest BCUT2D eigenvalue weighted by molar-refractivity contribution is -0.336. The Kier molecular flexibility index (Phi) is 6.07. The van der Waals surface area contributed by atoms with Gasteiger partial charge in [0.2, 0.25) is 18.5 Å². The molecular weight excluding hydrogens is 402 g/mol. The zero-order valence-corrected chi connectivity index (χ0v) is 18.1. The van der Waals surface area contributed by atoms with Crippen LogP contribution in [0.2, 0.25) is 0 Å². The van der Waals surface area contributed by atoms with Gasteiger partial charge in [0.05, 0.1) is 12.9 Å². The van der Waals surface area contributed by atoms with E-state index in [9.17, 15) is 9.90 Å². The highest BCUT2D eigenvalue weighted by molar-refractivity contribution is 5.73. The fraction of sp³-hybridized carbons (Fsp3) is 0.522. The van der Waals surface area contributed by atoms with Gasteiger partial charge in [0, 0.05) is 6.92 Å². The monoisotopic (exact) mass is 431 g/mol. The van der Waals surface area contributed by atoms with Crippen molar-refractivity contribution < 1.29 is 33.3 Å². The normalized spacial score (nSPS) is 31.0. The van der Waals surface area contributed by atoms with E-state index in [2.05, 4.69) is 26.1 Å². The minimum absolute atomic E-state index is 0.0172. The van der Waals surface area contributed by atoms with Crippen molar-refractivity contribution in [2.45, 2.75) is 70.0 Å². The number of hydrogen-bond acceptors (Lipinski definition) is 7. The summed E-state index contributed by atoms with van der Waals surface area (Å²) in [6, 6.07) is 10.3. The number of nitrogens with one attached hydrogen (secondary N) is 1. The molecule has 8 nitrogen and oxygen atoms in total. The first-order valence-corrected chi connectivity index (χ1v) is 10.4. The number of rotatable bonds is 4. The molecule has 2 aliphatic rings. The van der Waals surface area contributed by atoms with Crippen LogP contribution in [0.25, 0.3) is 0 Å².